The highest BCUT2D eigenvalue weighted by atomic mass is 14.7. The number of allylic oxidation sites excluding steroid dienone is 1. The van der Waals surface area contributed by atoms with Gasteiger partial charge in [0.15, 0.2) is 0 Å². The van der Waals surface area contributed by atoms with E-state index >= 15 is 0 Å². The summed E-state index contributed by atoms with van der Waals surface area (Å²) >= 11 is 0. The Morgan fingerprint density at radius 2 is 2.23 bits per heavy atom. The monoisotopic (exact) mass is 174 g/mol. The number of hydrogen-bond acceptors (Lipinski definition) is 2. The fourth-order valence-corrected chi connectivity index (χ4v) is 1.78. The smallest absolute Gasteiger partial charge is 0.0567 e. The molecule has 2 heteroatoms. The van der Waals surface area contributed by atoms with Gasteiger partial charge in [-0.2, -0.15) is 0 Å². The summed E-state index contributed by atoms with van der Waals surface area (Å²) in [6.07, 6.45) is 6.07. The van der Waals surface area contributed by atoms with Gasteiger partial charge in [-0.3, -0.25) is 4.98 Å². The van der Waals surface area contributed by atoms with E-state index in [4.69, 9.17) is 5.73 Å². The number of pyridine rings is 1. The van der Waals surface area contributed by atoms with Crippen LogP contribution in [0.3, 0.4) is 0 Å². The van der Waals surface area contributed by atoms with Gasteiger partial charge in [0.05, 0.1) is 5.69 Å². The van der Waals surface area contributed by atoms with Gasteiger partial charge in [0, 0.05) is 23.4 Å². The Bertz CT molecular complexity index is 353. The molecule has 1 unspecified atom stereocenters. The molecule has 0 amide bonds. The molecule has 0 bridgehead atoms. The first kappa shape index (κ1) is 8.30. The SMILES string of the molecule is CC(C)C1C=Cc2c(N)ccnc21. The average Bonchev–Trinajstić information content (AvgIpc) is 2.48. The van der Waals surface area contributed by atoms with E-state index in [2.05, 4.69) is 31.0 Å². The van der Waals surface area contributed by atoms with Crippen molar-refractivity contribution in [1.29, 1.82) is 0 Å². The molecular weight excluding hydrogens is 160 g/mol. The van der Waals surface area contributed by atoms with Crippen molar-refractivity contribution in [3.05, 3.63) is 29.6 Å². The molecule has 68 valence electrons. The van der Waals surface area contributed by atoms with Gasteiger partial charge in [-0.25, -0.2) is 0 Å². The van der Waals surface area contributed by atoms with Gasteiger partial charge in [0.1, 0.15) is 0 Å². The van der Waals surface area contributed by atoms with Gasteiger partial charge in [-0.1, -0.05) is 26.0 Å². The van der Waals surface area contributed by atoms with Crippen molar-refractivity contribution in [3.63, 3.8) is 0 Å². The van der Waals surface area contributed by atoms with Crippen molar-refractivity contribution in [2.45, 2.75) is 19.8 Å². The molecule has 0 saturated heterocycles. The topological polar surface area (TPSA) is 38.9 Å². The number of aromatic nitrogens is 1. The minimum atomic E-state index is 0.443. The zero-order chi connectivity index (χ0) is 9.42. The quantitative estimate of drug-likeness (QED) is 0.710. The molecule has 0 aromatic carbocycles. The van der Waals surface area contributed by atoms with Crippen LogP contribution in [0.15, 0.2) is 18.3 Å². The van der Waals surface area contributed by atoms with Gasteiger partial charge >= 0.3 is 0 Å². The molecule has 1 aliphatic carbocycles. The summed E-state index contributed by atoms with van der Waals surface area (Å²) in [5, 5.41) is 0. The van der Waals surface area contributed by atoms with E-state index in [1.54, 1.807) is 6.20 Å². The molecular formula is C11H14N2. The Morgan fingerprint density at radius 1 is 1.46 bits per heavy atom. The molecule has 0 aliphatic heterocycles. The van der Waals surface area contributed by atoms with Crippen LogP contribution < -0.4 is 5.73 Å². The molecule has 1 aromatic rings. The molecule has 0 spiro atoms. The molecule has 1 atom stereocenters. The molecule has 0 fully saturated rings. The lowest BCUT2D eigenvalue weighted by atomic mass is 9.94. The molecule has 0 saturated carbocycles. The summed E-state index contributed by atoms with van der Waals surface area (Å²) < 4.78 is 0. The fourth-order valence-electron chi connectivity index (χ4n) is 1.78. The maximum absolute atomic E-state index is 5.84. The average molecular weight is 174 g/mol. The summed E-state index contributed by atoms with van der Waals surface area (Å²) in [5.74, 6) is 1.03. The van der Waals surface area contributed by atoms with E-state index < -0.39 is 0 Å². The standard InChI is InChI=1S/C11H14N2/c1-7(2)8-3-4-9-10(12)5-6-13-11(8)9/h3-8H,1-2H3,(H2,12,13). The van der Waals surface area contributed by atoms with Gasteiger partial charge in [-0.15, -0.1) is 0 Å². The summed E-state index contributed by atoms with van der Waals surface area (Å²) in [7, 11) is 0. The molecule has 1 aliphatic rings. The van der Waals surface area contributed by atoms with Crippen molar-refractivity contribution in [1.82, 2.24) is 4.98 Å². The molecule has 1 aromatic heterocycles. The molecule has 2 N–H and O–H groups in total. The van der Waals surface area contributed by atoms with Crippen molar-refractivity contribution in [2.24, 2.45) is 5.92 Å². The minimum Gasteiger partial charge on any atom is -0.398 e. The molecule has 1 heterocycles. The van der Waals surface area contributed by atoms with Gasteiger partial charge in [0.25, 0.3) is 0 Å². The van der Waals surface area contributed by atoms with Crippen LogP contribution in [0.5, 0.6) is 0 Å². The number of hydrogen-bond donors (Lipinski definition) is 1. The Labute approximate surface area is 78.5 Å². The van der Waals surface area contributed by atoms with Gasteiger partial charge in [0.2, 0.25) is 0 Å². The third-order valence-corrected chi connectivity index (χ3v) is 2.56. The van der Waals surface area contributed by atoms with E-state index in [-0.39, 0.29) is 0 Å². The van der Waals surface area contributed by atoms with Crippen LogP contribution in [0, 0.1) is 5.92 Å². The van der Waals surface area contributed by atoms with Crippen LogP contribution in [0.1, 0.15) is 31.0 Å². The molecule has 2 nitrogen and oxygen atoms in total. The lowest BCUT2D eigenvalue weighted by molar-refractivity contribution is 0.573. The second-order valence-electron chi connectivity index (χ2n) is 3.83. The normalized spacial score (nSPS) is 19.5. The van der Waals surface area contributed by atoms with Crippen molar-refractivity contribution >= 4 is 11.8 Å². The van der Waals surface area contributed by atoms with Crippen LogP contribution in [-0.2, 0) is 0 Å². The third-order valence-electron chi connectivity index (χ3n) is 2.56. The zero-order valence-corrected chi connectivity index (χ0v) is 7.99. The van der Waals surface area contributed by atoms with Crippen molar-refractivity contribution in [3.8, 4) is 0 Å². The van der Waals surface area contributed by atoms with Crippen LogP contribution in [0.4, 0.5) is 5.69 Å². The van der Waals surface area contributed by atoms with E-state index in [9.17, 15) is 0 Å². The maximum Gasteiger partial charge on any atom is 0.0567 e. The summed E-state index contributed by atoms with van der Waals surface area (Å²) in [6.45, 7) is 4.41. The second kappa shape index (κ2) is 2.87. The number of fused-ring (bicyclic) bond motifs is 1. The Balaban J connectivity index is 2.49. The first-order chi connectivity index (χ1) is 6.20. The molecule has 2 rings (SSSR count). The Hall–Kier alpha value is -1.31. The highest BCUT2D eigenvalue weighted by molar-refractivity contribution is 5.71. The number of nitrogen functional groups attached to an aromatic ring is 1. The van der Waals surface area contributed by atoms with Crippen LogP contribution >= 0.6 is 0 Å². The molecule has 0 radical (unpaired) electrons. The van der Waals surface area contributed by atoms with Crippen LogP contribution in [0.2, 0.25) is 0 Å². The van der Waals surface area contributed by atoms with Crippen molar-refractivity contribution in [2.75, 3.05) is 5.73 Å². The summed E-state index contributed by atoms with van der Waals surface area (Å²) in [5.41, 5.74) is 8.93. The van der Waals surface area contributed by atoms with E-state index in [1.807, 2.05) is 6.07 Å². The van der Waals surface area contributed by atoms with E-state index in [0.717, 1.165) is 16.9 Å². The van der Waals surface area contributed by atoms with Gasteiger partial charge < -0.3 is 5.73 Å². The minimum absolute atomic E-state index is 0.443. The Morgan fingerprint density at radius 3 is 2.92 bits per heavy atom. The van der Waals surface area contributed by atoms with Crippen LogP contribution in [0.25, 0.3) is 6.08 Å². The first-order valence-corrected chi connectivity index (χ1v) is 4.62. The Kier molecular flexibility index (Phi) is 1.83. The molecule has 13 heavy (non-hydrogen) atoms. The fraction of sp³-hybridized carbons (Fsp3) is 0.364. The van der Waals surface area contributed by atoms with Crippen molar-refractivity contribution < 1.29 is 0 Å². The highest BCUT2D eigenvalue weighted by Gasteiger charge is 2.22. The van der Waals surface area contributed by atoms with Gasteiger partial charge in [-0.05, 0) is 12.0 Å². The summed E-state index contributed by atoms with van der Waals surface area (Å²) in [4.78, 5) is 4.38. The number of nitrogens with two attached hydrogens (primary N) is 1. The van der Waals surface area contributed by atoms with Crippen LogP contribution in [-0.4, -0.2) is 4.98 Å². The number of anilines is 1. The largest absolute Gasteiger partial charge is 0.398 e. The predicted molar refractivity (Wildman–Crippen MR) is 55.3 cm³/mol. The highest BCUT2D eigenvalue weighted by Crippen LogP contribution is 2.35. The second-order valence-corrected chi connectivity index (χ2v) is 3.83. The predicted octanol–water partition coefficient (Wildman–Crippen LogP) is 2.43. The number of nitrogens with zero attached hydrogens (tertiary/aromatic N) is 1. The lowest BCUT2D eigenvalue weighted by Gasteiger charge is -2.13. The summed E-state index contributed by atoms with van der Waals surface area (Å²) in [6, 6.07) is 1.85. The maximum atomic E-state index is 5.84. The third kappa shape index (κ3) is 1.22. The zero-order valence-electron chi connectivity index (χ0n) is 7.99. The van der Waals surface area contributed by atoms with E-state index in [1.165, 1.54) is 0 Å². The van der Waals surface area contributed by atoms with E-state index in [0.29, 0.717) is 11.8 Å². The first-order valence-electron chi connectivity index (χ1n) is 4.62. The lowest BCUT2D eigenvalue weighted by Crippen LogP contribution is -2.05. The number of rotatable bonds is 1.